The minimum Gasteiger partial charge on any atom is -0.366 e. The number of rotatable bonds is 4. The van der Waals surface area contributed by atoms with Crippen LogP contribution < -0.4 is 5.32 Å². The molecule has 1 aliphatic carbocycles. The van der Waals surface area contributed by atoms with Crippen LogP contribution in [0.5, 0.6) is 0 Å². The average molecular weight is 544 g/mol. The highest BCUT2D eigenvalue weighted by molar-refractivity contribution is 14.2. The van der Waals surface area contributed by atoms with Gasteiger partial charge in [-0.2, -0.15) is 9.61 Å². The first-order valence-corrected chi connectivity index (χ1v) is 12.2. The predicted molar refractivity (Wildman–Crippen MR) is 120 cm³/mol. The second kappa shape index (κ2) is 8.40. The van der Waals surface area contributed by atoms with Crippen LogP contribution in [0, 0.1) is 5.92 Å². The zero-order valence-electron chi connectivity index (χ0n) is 15.1. The number of hydrogen-bond acceptors (Lipinski definition) is 5. The summed E-state index contributed by atoms with van der Waals surface area (Å²) in [5.74, 6) is 2.12. The van der Waals surface area contributed by atoms with Gasteiger partial charge in [0.25, 0.3) is 0 Å². The number of hydroxylamine groups is 1. The summed E-state index contributed by atoms with van der Waals surface area (Å²) in [6, 6.07) is 2.17. The van der Waals surface area contributed by atoms with Crippen LogP contribution in [-0.4, -0.2) is 33.6 Å². The largest absolute Gasteiger partial charge is 0.366 e. The Morgan fingerprint density at radius 1 is 1.37 bits per heavy atom. The third-order valence-electron chi connectivity index (χ3n) is 5.22. The molecule has 8 heteroatoms. The number of fused-ring (bicyclic) bond motifs is 1. The van der Waals surface area contributed by atoms with Gasteiger partial charge >= 0.3 is 0 Å². The Morgan fingerprint density at radius 2 is 2.22 bits per heavy atom. The van der Waals surface area contributed by atoms with Crippen LogP contribution in [0.2, 0.25) is 0 Å². The van der Waals surface area contributed by atoms with Gasteiger partial charge in [0.05, 0.1) is 10.7 Å². The van der Waals surface area contributed by atoms with Crippen LogP contribution in [0.1, 0.15) is 44.2 Å². The van der Waals surface area contributed by atoms with Crippen molar-refractivity contribution in [2.24, 2.45) is 5.92 Å². The van der Waals surface area contributed by atoms with Gasteiger partial charge in [-0.1, -0.05) is 32.3 Å². The molecule has 2 aromatic rings. The molecule has 1 saturated carbocycles. The van der Waals surface area contributed by atoms with Crippen molar-refractivity contribution >= 4 is 52.4 Å². The van der Waals surface area contributed by atoms with Crippen molar-refractivity contribution in [3.05, 3.63) is 46.4 Å². The molecule has 27 heavy (non-hydrogen) atoms. The Labute approximate surface area is 177 Å². The molecule has 1 aliphatic heterocycles. The molecule has 0 spiro atoms. The van der Waals surface area contributed by atoms with Gasteiger partial charge in [0.1, 0.15) is 5.82 Å². The first-order valence-electron chi connectivity index (χ1n) is 9.22. The van der Waals surface area contributed by atoms with E-state index in [1.165, 1.54) is 34.5 Å². The minimum atomic E-state index is -0.526. The normalized spacial score (nSPS) is 23.1. The SMILES string of the molecule is CC1CCCCC1c1cc(NCC2=CC=CN(O)I=C2)n2ncc(Br)c2n1. The molecule has 4 rings (SSSR count). The van der Waals surface area contributed by atoms with E-state index in [4.69, 9.17) is 4.98 Å². The Kier molecular flexibility index (Phi) is 5.93. The topological polar surface area (TPSA) is 65.7 Å². The molecule has 0 amide bonds. The van der Waals surface area contributed by atoms with Crippen LogP contribution in [0.4, 0.5) is 5.82 Å². The number of anilines is 1. The molecule has 0 radical (unpaired) electrons. The summed E-state index contributed by atoms with van der Waals surface area (Å²) in [4.78, 5) is 4.93. The van der Waals surface area contributed by atoms with Gasteiger partial charge in [-0.05, 0) is 43.9 Å². The summed E-state index contributed by atoms with van der Waals surface area (Å²) in [7, 11) is 0. The number of allylic oxidation sites excluding steroid dienone is 2. The zero-order valence-corrected chi connectivity index (χ0v) is 18.9. The Hall–Kier alpha value is -1.26. The number of hydrogen-bond donors (Lipinski definition) is 2. The molecule has 2 N–H and O–H groups in total. The van der Waals surface area contributed by atoms with Crippen molar-refractivity contribution in [1.82, 2.24) is 17.9 Å². The highest BCUT2D eigenvalue weighted by Gasteiger charge is 2.25. The second-order valence-electron chi connectivity index (χ2n) is 7.09. The van der Waals surface area contributed by atoms with Crippen molar-refractivity contribution in [2.75, 3.05) is 11.9 Å². The minimum absolute atomic E-state index is 0.506. The first-order chi connectivity index (χ1) is 13.1. The standard InChI is InChI=1S/C19H23BrIN5O/c1-13-5-2-3-7-15(13)17-9-18(26-19(24-17)16(20)12-23-26)22-11-14-6-4-8-25(27)21-10-14/h4,6,8-10,12-13,15,22,27H,2-3,5,7,11H2,1H3. The van der Waals surface area contributed by atoms with Gasteiger partial charge in [0.2, 0.25) is 0 Å². The molecule has 3 heterocycles. The summed E-state index contributed by atoms with van der Waals surface area (Å²) in [5, 5.41) is 17.6. The van der Waals surface area contributed by atoms with Crippen molar-refractivity contribution < 1.29 is 5.21 Å². The first kappa shape index (κ1) is 19.1. The van der Waals surface area contributed by atoms with E-state index in [-0.39, 0.29) is 0 Å². The van der Waals surface area contributed by atoms with Crippen molar-refractivity contribution in [2.45, 2.75) is 38.5 Å². The van der Waals surface area contributed by atoms with E-state index in [2.05, 4.69) is 43.3 Å². The van der Waals surface area contributed by atoms with Crippen LogP contribution in [-0.2, 0) is 0 Å². The zero-order chi connectivity index (χ0) is 18.8. The lowest BCUT2D eigenvalue weighted by molar-refractivity contribution is 0.0929. The smallest absolute Gasteiger partial charge is 0.171 e. The number of nitrogens with zero attached hydrogens (tertiary/aromatic N) is 4. The summed E-state index contributed by atoms with van der Waals surface area (Å²) in [6.07, 6.45) is 12.5. The van der Waals surface area contributed by atoms with Crippen molar-refractivity contribution in [3.63, 3.8) is 0 Å². The summed E-state index contributed by atoms with van der Waals surface area (Å²) < 4.78 is 6.18. The van der Waals surface area contributed by atoms with Gasteiger partial charge in [-0.15, -0.1) is 0 Å². The van der Waals surface area contributed by atoms with Gasteiger partial charge in [0.15, 0.2) is 5.65 Å². The van der Waals surface area contributed by atoms with Crippen molar-refractivity contribution in [1.29, 1.82) is 0 Å². The van der Waals surface area contributed by atoms with E-state index in [1.54, 1.807) is 12.4 Å². The maximum Gasteiger partial charge on any atom is 0.171 e. The fraction of sp³-hybridized carbons (Fsp3) is 0.421. The van der Waals surface area contributed by atoms with E-state index in [0.29, 0.717) is 18.4 Å². The van der Waals surface area contributed by atoms with Gasteiger partial charge in [-0.25, -0.2) is 8.26 Å². The average Bonchev–Trinajstić information content (AvgIpc) is 2.91. The Morgan fingerprint density at radius 3 is 3.07 bits per heavy atom. The second-order valence-corrected chi connectivity index (χ2v) is 10.1. The molecule has 0 bridgehead atoms. The molecule has 1 fully saturated rings. The van der Waals surface area contributed by atoms with Crippen LogP contribution >= 0.6 is 36.9 Å². The third-order valence-corrected chi connectivity index (χ3v) is 7.75. The van der Waals surface area contributed by atoms with Crippen LogP contribution in [0.3, 0.4) is 0 Å². The maximum absolute atomic E-state index is 9.62. The van der Waals surface area contributed by atoms with Crippen LogP contribution in [0.25, 0.3) is 5.65 Å². The number of aromatic nitrogens is 3. The summed E-state index contributed by atoms with van der Waals surface area (Å²) >= 11 is 3.06. The highest BCUT2D eigenvalue weighted by atomic mass is 127. The Bertz CT molecular complexity index is 922. The van der Waals surface area contributed by atoms with Gasteiger partial charge in [-0.3, -0.25) is 5.21 Å². The molecular formula is C19H23BrIN5O. The molecule has 2 aliphatic rings. The predicted octanol–water partition coefficient (Wildman–Crippen LogP) is 5.03. The molecular weight excluding hydrogens is 521 g/mol. The maximum atomic E-state index is 9.62. The third kappa shape index (κ3) is 4.27. The molecule has 2 aromatic heterocycles. The van der Waals surface area contributed by atoms with E-state index < -0.39 is 21.0 Å². The van der Waals surface area contributed by atoms with E-state index in [1.807, 2.05) is 16.7 Å². The number of halogens is 2. The fourth-order valence-electron chi connectivity index (χ4n) is 3.74. The lowest BCUT2D eigenvalue weighted by atomic mass is 9.78. The molecule has 0 saturated heterocycles. The van der Waals surface area contributed by atoms with Gasteiger partial charge < -0.3 is 5.32 Å². The fourth-order valence-corrected chi connectivity index (χ4v) is 5.53. The summed E-state index contributed by atoms with van der Waals surface area (Å²) in [5.41, 5.74) is 3.19. The van der Waals surface area contributed by atoms with E-state index in [9.17, 15) is 5.21 Å². The molecule has 2 unspecified atom stereocenters. The molecule has 2 atom stereocenters. The monoisotopic (exact) mass is 543 g/mol. The quantitative estimate of drug-likeness (QED) is 0.418. The van der Waals surface area contributed by atoms with E-state index >= 15 is 0 Å². The lowest BCUT2D eigenvalue weighted by Crippen LogP contribution is -2.18. The number of nitrogens with one attached hydrogen (secondary N) is 1. The highest BCUT2D eigenvalue weighted by Crippen LogP contribution is 2.38. The molecule has 144 valence electrons. The molecule has 6 nitrogen and oxygen atoms in total. The van der Waals surface area contributed by atoms with Gasteiger partial charge in [0, 0.05) is 51.4 Å². The van der Waals surface area contributed by atoms with Crippen molar-refractivity contribution in [3.8, 4) is 0 Å². The Balaban J connectivity index is 1.64. The summed E-state index contributed by atoms with van der Waals surface area (Å²) in [6.45, 7) is 3.03. The molecule has 0 aromatic carbocycles. The van der Waals surface area contributed by atoms with E-state index in [0.717, 1.165) is 21.6 Å². The lowest BCUT2D eigenvalue weighted by Gasteiger charge is -2.28. The van der Waals surface area contributed by atoms with Crippen LogP contribution in [0.15, 0.2) is 40.7 Å².